The molecular weight excluding hydrogens is 278 g/mol. The number of nitrogens with zero attached hydrogens (tertiary/aromatic N) is 1. The van der Waals surface area contributed by atoms with Gasteiger partial charge in [0.2, 0.25) is 0 Å². The number of aliphatic hydroxyl groups excluding tert-OH is 1. The molecule has 0 fully saturated rings. The topological polar surface area (TPSA) is 58.9 Å². The molecule has 0 spiro atoms. The van der Waals surface area contributed by atoms with E-state index in [0.29, 0.717) is 18.4 Å². The van der Waals surface area contributed by atoms with Gasteiger partial charge in [0.25, 0.3) is 0 Å². The van der Waals surface area contributed by atoms with E-state index in [1.54, 1.807) is 0 Å². The van der Waals surface area contributed by atoms with Crippen molar-refractivity contribution in [1.82, 2.24) is 0 Å². The molecule has 0 saturated heterocycles. The number of allylic oxidation sites excluding steroid dienone is 2. The van der Waals surface area contributed by atoms with Crippen LogP contribution in [0, 0.1) is 26.7 Å². The molecule has 1 aromatic rings. The van der Waals surface area contributed by atoms with Crippen molar-refractivity contribution in [3.8, 4) is 0 Å². The number of Topliss-reactive ketones (excluding diaryl/α,β-unsaturated/α-hetero) is 1. The first-order chi connectivity index (χ1) is 10.3. The monoisotopic (exact) mass is 301 g/mol. The molecule has 1 N–H and O–H groups in total. The second-order valence-electron chi connectivity index (χ2n) is 6.07. The number of aliphatic hydroxyl groups is 1. The van der Waals surface area contributed by atoms with E-state index < -0.39 is 0 Å². The Hall–Kier alpha value is -2.10. The van der Waals surface area contributed by atoms with Crippen LogP contribution in [-0.4, -0.2) is 23.7 Å². The van der Waals surface area contributed by atoms with E-state index in [0.717, 1.165) is 28.0 Å². The number of hydrogen-bond acceptors (Lipinski definition) is 4. The third-order valence-corrected chi connectivity index (χ3v) is 4.07. The van der Waals surface area contributed by atoms with Gasteiger partial charge >= 0.3 is 0 Å². The molecule has 1 unspecified atom stereocenters. The van der Waals surface area contributed by atoms with Crippen LogP contribution in [0.4, 0.5) is 0 Å². The highest BCUT2D eigenvalue weighted by Crippen LogP contribution is 2.38. The number of hydrogen-bond donors (Lipinski definition) is 1. The number of ketones is 1. The number of oxime groups is 1. The molecule has 1 atom stereocenters. The van der Waals surface area contributed by atoms with Gasteiger partial charge in [-0.3, -0.25) is 4.79 Å². The Balaban J connectivity index is 2.44. The van der Waals surface area contributed by atoms with Gasteiger partial charge in [-0.25, -0.2) is 0 Å². The number of aryl methyl sites for hydroxylation is 3. The summed E-state index contributed by atoms with van der Waals surface area (Å²) in [6, 6.07) is 4.09. The van der Waals surface area contributed by atoms with Crippen molar-refractivity contribution >= 4 is 17.1 Å². The molecular formula is C18H23NO3. The van der Waals surface area contributed by atoms with Gasteiger partial charge in [0.15, 0.2) is 5.78 Å². The first-order valence-corrected chi connectivity index (χ1v) is 7.46. The lowest BCUT2D eigenvalue weighted by molar-refractivity contribution is -0.113. The molecule has 22 heavy (non-hydrogen) atoms. The third-order valence-electron chi connectivity index (χ3n) is 4.07. The van der Waals surface area contributed by atoms with Crippen molar-refractivity contribution < 1.29 is 14.7 Å². The van der Waals surface area contributed by atoms with Crippen LogP contribution in [0.15, 0.2) is 23.0 Å². The first kappa shape index (κ1) is 16.3. The predicted octanol–water partition coefficient (Wildman–Crippen LogP) is 3.88. The summed E-state index contributed by atoms with van der Waals surface area (Å²) >= 11 is 0. The number of rotatable bonds is 4. The fourth-order valence-corrected chi connectivity index (χ4v) is 3.33. The molecule has 4 heteroatoms. The molecule has 0 bridgehead atoms. The smallest absolute Gasteiger partial charge is 0.167 e. The average Bonchev–Trinajstić information content (AvgIpc) is 2.65. The van der Waals surface area contributed by atoms with Crippen LogP contribution in [0.5, 0.6) is 0 Å². The lowest BCUT2D eigenvalue weighted by Crippen LogP contribution is -2.06. The van der Waals surface area contributed by atoms with E-state index in [9.17, 15) is 9.90 Å². The molecule has 0 saturated carbocycles. The summed E-state index contributed by atoms with van der Waals surface area (Å²) in [5, 5.41) is 14.4. The maximum Gasteiger partial charge on any atom is 0.167 e. The van der Waals surface area contributed by atoms with E-state index in [1.165, 1.54) is 7.11 Å². The van der Waals surface area contributed by atoms with Gasteiger partial charge in [0.05, 0.1) is 11.3 Å². The van der Waals surface area contributed by atoms with Crippen molar-refractivity contribution in [3.05, 3.63) is 40.1 Å². The number of carbonyl (C=O) groups excluding carboxylic acids is 1. The number of benzene rings is 1. The highest BCUT2D eigenvalue weighted by molar-refractivity contribution is 6.24. The lowest BCUT2D eigenvalue weighted by atomic mass is 9.92. The summed E-state index contributed by atoms with van der Waals surface area (Å²) in [4.78, 5) is 17.2. The summed E-state index contributed by atoms with van der Waals surface area (Å²) in [5.41, 5.74) is 5.32. The lowest BCUT2D eigenvalue weighted by Gasteiger charge is -2.13. The zero-order chi connectivity index (χ0) is 16.4. The minimum Gasteiger partial charge on any atom is -0.511 e. The zero-order valence-electron chi connectivity index (χ0n) is 13.9. The molecule has 0 heterocycles. The number of carbonyl (C=O) groups is 1. The molecule has 4 nitrogen and oxygen atoms in total. The summed E-state index contributed by atoms with van der Waals surface area (Å²) in [5.74, 6) is -0.0185. The predicted molar refractivity (Wildman–Crippen MR) is 88.1 cm³/mol. The van der Waals surface area contributed by atoms with Crippen molar-refractivity contribution in [2.24, 2.45) is 11.1 Å². The van der Waals surface area contributed by atoms with Crippen molar-refractivity contribution in [2.45, 2.75) is 40.5 Å². The van der Waals surface area contributed by atoms with Gasteiger partial charge < -0.3 is 9.94 Å². The van der Waals surface area contributed by atoms with Crippen LogP contribution in [0.3, 0.4) is 0 Å². The van der Waals surface area contributed by atoms with Crippen LogP contribution in [0.2, 0.25) is 0 Å². The fourth-order valence-electron chi connectivity index (χ4n) is 3.33. The van der Waals surface area contributed by atoms with Crippen LogP contribution in [0.1, 0.15) is 42.0 Å². The normalized spacial score (nSPS) is 19.0. The van der Waals surface area contributed by atoms with Crippen molar-refractivity contribution in [2.75, 3.05) is 7.11 Å². The van der Waals surface area contributed by atoms with Gasteiger partial charge in [-0.2, -0.15) is 0 Å². The molecule has 0 radical (unpaired) electrons. The standard InChI is InChI=1S/C18H23NO3/c1-10-6-11(2)16(12(3)7-10)17-15(20)9-14(18(17)21)8-13(4)19-22-5/h6-7,14,21H,8-9H2,1-5H3/b19-13+. The zero-order valence-corrected chi connectivity index (χ0v) is 13.9. The SMILES string of the molecule is CO/N=C(\C)CC1CC(=O)C(c2c(C)cc(C)cc2C)=C1O. The second kappa shape index (κ2) is 6.34. The maximum absolute atomic E-state index is 12.4. The minimum atomic E-state index is -0.207. The molecule has 0 amide bonds. The Morgan fingerprint density at radius 3 is 2.45 bits per heavy atom. The van der Waals surface area contributed by atoms with Crippen LogP contribution in [0.25, 0.3) is 5.57 Å². The average molecular weight is 301 g/mol. The molecule has 1 aliphatic carbocycles. The largest absolute Gasteiger partial charge is 0.511 e. The van der Waals surface area contributed by atoms with Crippen molar-refractivity contribution in [3.63, 3.8) is 0 Å². The van der Waals surface area contributed by atoms with E-state index in [-0.39, 0.29) is 17.5 Å². The first-order valence-electron chi connectivity index (χ1n) is 7.46. The Morgan fingerprint density at radius 1 is 1.32 bits per heavy atom. The van der Waals surface area contributed by atoms with E-state index in [4.69, 9.17) is 4.84 Å². The van der Waals surface area contributed by atoms with Gasteiger partial charge in [0.1, 0.15) is 12.9 Å². The van der Waals surface area contributed by atoms with E-state index in [2.05, 4.69) is 5.16 Å². The van der Waals surface area contributed by atoms with Gasteiger partial charge in [-0.05, 0) is 50.8 Å². The summed E-state index contributed by atoms with van der Waals surface area (Å²) in [7, 11) is 1.49. The molecule has 0 aromatic heterocycles. The van der Waals surface area contributed by atoms with Gasteiger partial charge in [0, 0.05) is 12.3 Å². The highest BCUT2D eigenvalue weighted by atomic mass is 16.6. The summed E-state index contributed by atoms with van der Waals surface area (Å²) in [6.45, 7) is 7.82. The maximum atomic E-state index is 12.4. The Labute approximate surface area is 131 Å². The Bertz CT molecular complexity index is 648. The Kier molecular flexibility index (Phi) is 4.69. The highest BCUT2D eigenvalue weighted by Gasteiger charge is 2.34. The van der Waals surface area contributed by atoms with E-state index in [1.807, 2.05) is 39.8 Å². The molecule has 1 aliphatic rings. The quantitative estimate of drug-likeness (QED) is 0.678. The molecule has 118 valence electrons. The molecule has 2 rings (SSSR count). The van der Waals surface area contributed by atoms with Crippen LogP contribution < -0.4 is 0 Å². The van der Waals surface area contributed by atoms with Gasteiger partial charge in [-0.1, -0.05) is 22.9 Å². The summed E-state index contributed by atoms with van der Waals surface area (Å²) in [6.07, 6.45) is 0.851. The van der Waals surface area contributed by atoms with E-state index >= 15 is 0 Å². The Morgan fingerprint density at radius 2 is 1.91 bits per heavy atom. The van der Waals surface area contributed by atoms with Crippen molar-refractivity contribution in [1.29, 1.82) is 0 Å². The third kappa shape index (κ3) is 3.06. The van der Waals surface area contributed by atoms with Crippen LogP contribution >= 0.6 is 0 Å². The molecule has 0 aliphatic heterocycles. The summed E-state index contributed by atoms with van der Waals surface area (Å²) < 4.78 is 0. The van der Waals surface area contributed by atoms with Gasteiger partial charge in [-0.15, -0.1) is 0 Å². The second-order valence-corrected chi connectivity index (χ2v) is 6.07. The fraction of sp³-hybridized carbons (Fsp3) is 0.444. The van der Waals surface area contributed by atoms with Crippen LogP contribution in [-0.2, 0) is 9.63 Å². The minimum absolute atomic E-state index is 0.00256. The molecule has 1 aromatic carbocycles.